The number of hydrogen-bond donors (Lipinski definition) is 3. The van der Waals surface area contributed by atoms with Crippen LogP contribution in [0.1, 0.15) is 48.5 Å². The smallest absolute Gasteiger partial charge is 0.255 e. The van der Waals surface area contributed by atoms with Crippen LogP contribution < -0.4 is 16.0 Å². The predicted octanol–water partition coefficient (Wildman–Crippen LogP) is 4.68. The third-order valence-electron chi connectivity index (χ3n) is 5.60. The van der Waals surface area contributed by atoms with Gasteiger partial charge in [-0.25, -0.2) is 14.4 Å². The summed E-state index contributed by atoms with van der Waals surface area (Å²) in [6.07, 6.45) is 6.58. The maximum Gasteiger partial charge on any atom is 0.255 e. The Labute approximate surface area is 197 Å². The van der Waals surface area contributed by atoms with Crippen LogP contribution in [-0.4, -0.2) is 40.0 Å². The normalized spacial score (nSPS) is 14.3. The lowest BCUT2D eigenvalue weighted by Crippen LogP contribution is -2.42. The molecule has 3 N–H and O–H groups in total. The SMILES string of the molecule is CC(C)c1cnc(-c2cc(Cl)ccc2F)nc1Nc1ccncc1C(=O)NC1CCNCC1. The largest absolute Gasteiger partial charge is 0.349 e. The van der Waals surface area contributed by atoms with E-state index in [0.717, 1.165) is 31.5 Å². The minimum absolute atomic E-state index is 0.0969. The Kier molecular flexibility index (Phi) is 7.15. The third kappa shape index (κ3) is 5.46. The van der Waals surface area contributed by atoms with Crippen LogP contribution in [0.2, 0.25) is 5.02 Å². The fourth-order valence-electron chi connectivity index (χ4n) is 3.75. The summed E-state index contributed by atoms with van der Waals surface area (Å²) in [6, 6.07) is 6.11. The van der Waals surface area contributed by atoms with Crippen LogP contribution in [0.15, 0.2) is 42.9 Å². The van der Waals surface area contributed by atoms with E-state index in [1.54, 1.807) is 18.5 Å². The molecule has 0 bridgehead atoms. The Hall–Kier alpha value is -3.10. The van der Waals surface area contributed by atoms with Crippen LogP contribution in [0.4, 0.5) is 15.9 Å². The molecule has 4 rings (SSSR count). The molecule has 1 saturated heterocycles. The van der Waals surface area contributed by atoms with Gasteiger partial charge in [-0.3, -0.25) is 9.78 Å². The molecule has 1 fully saturated rings. The highest BCUT2D eigenvalue weighted by Gasteiger charge is 2.20. The lowest BCUT2D eigenvalue weighted by Gasteiger charge is -2.24. The summed E-state index contributed by atoms with van der Waals surface area (Å²) < 4.78 is 14.4. The second-order valence-electron chi connectivity index (χ2n) is 8.32. The Bertz CT molecular complexity index is 1150. The summed E-state index contributed by atoms with van der Waals surface area (Å²) in [6.45, 7) is 5.79. The molecule has 0 spiro atoms. The summed E-state index contributed by atoms with van der Waals surface area (Å²) in [5, 5.41) is 10.0. The van der Waals surface area contributed by atoms with Gasteiger partial charge < -0.3 is 16.0 Å². The zero-order chi connectivity index (χ0) is 23.4. The molecule has 0 unspecified atom stereocenters. The van der Waals surface area contributed by atoms with E-state index >= 15 is 0 Å². The Morgan fingerprint density at radius 3 is 2.76 bits per heavy atom. The van der Waals surface area contributed by atoms with Crippen molar-refractivity contribution in [1.29, 1.82) is 0 Å². The monoisotopic (exact) mass is 468 g/mol. The highest BCUT2D eigenvalue weighted by Crippen LogP contribution is 2.30. The molecule has 0 saturated carbocycles. The first-order valence-electron chi connectivity index (χ1n) is 11.0. The molecule has 7 nitrogen and oxygen atoms in total. The molecule has 3 aromatic rings. The van der Waals surface area contributed by atoms with Gasteiger partial charge in [-0.2, -0.15) is 0 Å². The molecule has 1 aromatic carbocycles. The van der Waals surface area contributed by atoms with Crippen LogP contribution in [0, 0.1) is 5.82 Å². The van der Waals surface area contributed by atoms with E-state index in [1.807, 2.05) is 13.8 Å². The summed E-state index contributed by atoms with van der Waals surface area (Å²) in [5.74, 6) is 0.139. The van der Waals surface area contributed by atoms with E-state index in [2.05, 4.69) is 30.9 Å². The molecule has 1 amide bonds. The molecule has 172 valence electrons. The molecule has 1 aliphatic heterocycles. The van der Waals surface area contributed by atoms with Crippen LogP contribution >= 0.6 is 11.6 Å². The topological polar surface area (TPSA) is 91.8 Å². The summed E-state index contributed by atoms with van der Waals surface area (Å²) >= 11 is 6.06. The van der Waals surface area contributed by atoms with E-state index < -0.39 is 5.82 Å². The molecule has 0 radical (unpaired) electrons. The number of nitrogens with one attached hydrogen (secondary N) is 3. The van der Waals surface area contributed by atoms with Crippen molar-refractivity contribution in [2.24, 2.45) is 0 Å². The second-order valence-corrected chi connectivity index (χ2v) is 8.76. The fraction of sp³-hybridized carbons (Fsp3) is 0.333. The molecule has 2 aromatic heterocycles. The summed E-state index contributed by atoms with van der Waals surface area (Å²) in [4.78, 5) is 26.1. The van der Waals surface area contributed by atoms with E-state index in [-0.39, 0.29) is 29.3 Å². The Morgan fingerprint density at radius 1 is 1.21 bits per heavy atom. The van der Waals surface area contributed by atoms with E-state index in [0.29, 0.717) is 22.1 Å². The van der Waals surface area contributed by atoms with Gasteiger partial charge in [-0.15, -0.1) is 0 Å². The van der Waals surface area contributed by atoms with Crippen molar-refractivity contribution < 1.29 is 9.18 Å². The van der Waals surface area contributed by atoms with Crippen LogP contribution in [-0.2, 0) is 0 Å². The van der Waals surface area contributed by atoms with E-state index in [1.165, 1.54) is 24.4 Å². The third-order valence-corrected chi connectivity index (χ3v) is 5.84. The minimum Gasteiger partial charge on any atom is -0.349 e. The molecular weight excluding hydrogens is 443 g/mol. The second kappa shape index (κ2) is 10.2. The van der Waals surface area contributed by atoms with Crippen molar-refractivity contribution in [3.8, 4) is 11.4 Å². The maximum atomic E-state index is 14.4. The van der Waals surface area contributed by atoms with Gasteiger partial charge in [0.15, 0.2) is 5.82 Å². The van der Waals surface area contributed by atoms with Gasteiger partial charge in [-0.05, 0) is 56.1 Å². The molecule has 0 atom stereocenters. The van der Waals surface area contributed by atoms with E-state index in [4.69, 9.17) is 11.6 Å². The number of rotatable bonds is 6. The number of benzene rings is 1. The number of hydrogen-bond acceptors (Lipinski definition) is 6. The molecule has 9 heteroatoms. The summed E-state index contributed by atoms with van der Waals surface area (Å²) in [5.41, 5.74) is 2.02. The van der Waals surface area contributed by atoms with Crippen molar-refractivity contribution >= 4 is 29.0 Å². The van der Waals surface area contributed by atoms with Gasteiger partial charge in [0.05, 0.1) is 16.8 Å². The average Bonchev–Trinajstić information content (AvgIpc) is 2.81. The Morgan fingerprint density at radius 2 is 2.00 bits per heavy atom. The van der Waals surface area contributed by atoms with Gasteiger partial charge in [0.2, 0.25) is 0 Å². The van der Waals surface area contributed by atoms with Gasteiger partial charge in [0.25, 0.3) is 5.91 Å². The predicted molar refractivity (Wildman–Crippen MR) is 127 cm³/mol. The van der Waals surface area contributed by atoms with Crippen molar-refractivity contribution in [2.75, 3.05) is 18.4 Å². The lowest BCUT2D eigenvalue weighted by atomic mass is 10.0. The Balaban J connectivity index is 1.67. The lowest BCUT2D eigenvalue weighted by molar-refractivity contribution is 0.0930. The molecular formula is C24H26ClFN6O. The number of aromatic nitrogens is 3. The molecule has 33 heavy (non-hydrogen) atoms. The van der Waals surface area contributed by atoms with Gasteiger partial charge >= 0.3 is 0 Å². The zero-order valence-electron chi connectivity index (χ0n) is 18.5. The molecule has 1 aliphatic rings. The van der Waals surface area contributed by atoms with Crippen LogP contribution in [0.5, 0.6) is 0 Å². The number of carbonyl (C=O) groups is 1. The van der Waals surface area contributed by atoms with Crippen molar-refractivity contribution in [3.63, 3.8) is 0 Å². The van der Waals surface area contributed by atoms with E-state index in [9.17, 15) is 9.18 Å². The first-order chi connectivity index (χ1) is 15.9. The van der Waals surface area contributed by atoms with Gasteiger partial charge in [0.1, 0.15) is 11.6 Å². The summed E-state index contributed by atoms with van der Waals surface area (Å²) in [7, 11) is 0. The molecule has 3 heterocycles. The maximum absolute atomic E-state index is 14.4. The highest BCUT2D eigenvalue weighted by atomic mass is 35.5. The number of halogens is 2. The van der Waals surface area contributed by atoms with Gasteiger partial charge in [-0.1, -0.05) is 25.4 Å². The highest BCUT2D eigenvalue weighted by molar-refractivity contribution is 6.30. The number of nitrogens with zero attached hydrogens (tertiary/aromatic N) is 3. The number of anilines is 2. The van der Waals surface area contributed by atoms with Crippen molar-refractivity contribution in [1.82, 2.24) is 25.6 Å². The van der Waals surface area contributed by atoms with Crippen LogP contribution in [0.25, 0.3) is 11.4 Å². The fourth-order valence-corrected chi connectivity index (χ4v) is 3.93. The number of amides is 1. The van der Waals surface area contributed by atoms with Crippen molar-refractivity contribution in [3.05, 3.63) is 64.8 Å². The quantitative estimate of drug-likeness (QED) is 0.486. The van der Waals surface area contributed by atoms with Gasteiger partial charge in [0, 0.05) is 35.2 Å². The standard InChI is InChI=1S/C24H26ClFN6O/c1-14(2)18-13-29-22(17-11-15(25)3-4-20(17)26)32-23(18)31-21-7-10-28-12-19(21)24(33)30-16-5-8-27-9-6-16/h3-4,7,10-14,16,27H,5-6,8-9H2,1-2H3,(H,30,33)(H,28,29,31,32). The van der Waals surface area contributed by atoms with Crippen molar-refractivity contribution in [2.45, 2.75) is 38.6 Å². The number of piperidine rings is 1. The minimum atomic E-state index is -0.464. The average molecular weight is 469 g/mol. The zero-order valence-corrected chi connectivity index (χ0v) is 19.3. The number of carbonyl (C=O) groups excluding carboxylic acids is 1. The van der Waals surface area contributed by atoms with Crippen LogP contribution in [0.3, 0.4) is 0 Å². The first kappa shape index (κ1) is 23.1. The molecule has 0 aliphatic carbocycles. The number of pyridine rings is 1. The first-order valence-corrected chi connectivity index (χ1v) is 11.3.